The van der Waals surface area contributed by atoms with Crippen molar-refractivity contribution in [2.75, 3.05) is 93.0 Å². The third kappa shape index (κ3) is 12.9. The number of halogens is 1. The molecule has 5 heterocycles. The highest BCUT2D eigenvalue weighted by atomic mass is 127. The number of carbonyl (C=O) groups is 2. The van der Waals surface area contributed by atoms with E-state index in [0.717, 1.165) is 55.8 Å². The van der Waals surface area contributed by atoms with Crippen molar-refractivity contribution in [2.45, 2.75) is 67.1 Å². The van der Waals surface area contributed by atoms with Crippen LogP contribution in [-0.4, -0.2) is 150 Å². The molecule has 13 nitrogen and oxygen atoms in total. The lowest BCUT2D eigenvalue weighted by Gasteiger charge is -2.30. The smallest absolute Gasteiger partial charge is 0.255 e. The number of nitrogens with zero attached hydrogens (tertiary/aromatic N) is 6. The summed E-state index contributed by atoms with van der Waals surface area (Å²) in [6.45, 7) is 11.3. The van der Waals surface area contributed by atoms with Crippen molar-refractivity contribution in [2.24, 2.45) is 5.73 Å². The average molecular weight is 847 g/mol. The largest absolute Gasteiger partial charge is 0.497 e. The Morgan fingerprint density at radius 3 is 1.92 bits per heavy atom. The van der Waals surface area contributed by atoms with Crippen molar-refractivity contribution in [1.29, 1.82) is 0 Å². The van der Waals surface area contributed by atoms with Crippen molar-refractivity contribution >= 4 is 40.2 Å². The van der Waals surface area contributed by atoms with Gasteiger partial charge in [-0.1, -0.05) is 35.1 Å². The predicted octanol–water partition coefficient (Wildman–Crippen LogP) is 3.45. The minimum absolute atomic E-state index is 0.0220. The quantitative estimate of drug-likeness (QED) is 0.164. The number of anilines is 1. The fourth-order valence-corrected chi connectivity index (χ4v) is 7.31. The molecular formula is C39H59IN8O5. The molecule has 6 rings (SSSR count). The molecule has 1 aromatic carbocycles. The number of methoxy groups -OCH3 is 2. The topological polar surface area (TPSA) is 142 Å². The van der Waals surface area contributed by atoms with Gasteiger partial charge >= 0.3 is 0 Å². The lowest BCUT2D eigenvalue weighted by Crippen LogP contribution is -2.38. The molecule has 2 aromatic rings. The third-order valence-electron chi connectivity index (χ3n) is 10.2. The zero-order valence-electron chi connectivity index (χ0n) is 32.2. The molecule has 0 unspecified atom stereocenters. The number of benzene rings is 1. The molecule has 1 aromatic heterocycles. The van der Waals surface area contributed by atoms with Crippen LogP contribution in [0.3, 0.4) is 0 Å². The van der Waals surface area contributed by atoms with E-state index in [0.29, 0.717) is 48.1 Å². The highest BCUT2D eigenvalue weighted by molar-refractivity contribution is 14.1. The number of likely N-dealkylation sites (tertiary alicyclic amines) is 4. The van der Waals surface area contributed by atoms with Gasteiger partial charge in [0.25, 0.3) is 5.91 Å². The van der Waals surface area contributed by atoms with E-state index >= 15 is 0 Å². The van der Waals surface area contributed by atoms with Crippen LogP contribution in [-0.2, 0) is 4.79 Å². The number of aliphatic hydroxyl groups is 1. The molecule has 0 spiro atoms. The zero-order chi connectivity index (χ0) is 38.5. The normalized spacial score (nSPS) is 20.6. The Bertz CT molecular complexity index is 1500. The van der Waals surface area contributed by atoms with E-state index in [-0.39, 0.29) is 29.7 Å². The van der Waals surface area contributed by atoms with Gasteiger partial charge in [0, 0.05) is 47.8 Å². The number of primary amides is 1. The number of rotatable bonds is 7. The first-order chi connectivity index (χ1) is 25.4. The first-order valence-corrected chi connectivity index (χ1v) is 19.9. The summed E-state index contributed by atoms with van der Waals surface area (Å²) in [5, 5.41) is 17.3. The van der Waals surface area contributed by atoms with Gasteiger partial charge in [-0.2, -0.15) is 5.10 Å². The molecule has 53 heavy (non-hydrogen) atoms. The van der Waals surface area contributed by atoms with Crippen LogP contribution in [0.25, 0.3) is 0 Å². The third-order valence-corrected chi connectivity index (χ3v) is 11.5. The van der Waals surface area contributed by atoms with Crippen molar-refractivity contribution in [3.8, 4) is 23.3 Å². The van der Waals surface area contributed by atoms with Crippen LogP contribution in [0, 0.1) is 11.8 Å². The lowest BCUT2D eigenvalue weighted by molar-refractivity contribution is -0.125. The molecule has 14 heteroatoms. The monoisotopic (exact) mass is 846 g/mol. The molecule has 4 aliphatic heterocycles. The van der Waals surface area contributed by atoms with E-state index in [1.165, 1.54) is 32.0 Å². The number of hydrogen-bond acceptors (Lipinski definition) is 10. The van der Waals surface area contributed by atoms with Crippen molar-refractivity contribution in [3.05, 3.63) is 47.7 Å². The number of amides is 2. The summed E-state index contributed by atoms with van der Waals surface area (Å²) in [5.41, 5.74) is 7.08. The Morgan fingerprint density at radius 2 is 1.43 bits per heavy atom. The van der Waals surface area contributed by atoms with E-state index in [2.05, 4.69) is 82.2 Å². The number of piperidine rings is 3. The first kappa shape index (κ1) is 42.4. The van der Waals surface area contributed by atoms with Crippen LogP contribution < -0.4 is 20.5 Å². The number of ether oxygens (including phenoxy) is 2. The molecule has 4 saturated heterocycles. The van der Waals surface area contributed by atoms with Crippen LogP contribution in [0.4, 0.5) is 5.82 Å². The Labute approximate surface area is 329 Å². The second-order valence-electron chi connectivity index (χ2n) is 14.4. The van der Waals surface area contributed by atoms with Crippen LogP contribution in [0.2, 0.25) is 0 Å². The number of aromatic nitrogens is 2. The van der Waals surface area contributed by atoms with Gasteiger partial charge in [0.2, 0.25) is 5.91 Å². The van der Waals surface area contributed by atoms with Gasteiger partial charge in [0.1, 0.15) is 22.9 Å². The summed E-state index contributed by atoms with van der Waals surface area (Å²) in [5.74, 6) is 7.17. The second-order valence-corrected chi connectivity index (χ2v) is 16.2. The second kappa shape index (κ2) is 20.9. The SMILES string of the molecule is C=CC(=O)N1CC[C@H](n2nc(C#Cc3cc(OC)cc(OC)c3)c(C(N)=O)c2NC2CCN(C)CC2)C1.CN1CCC(I)CC1.CN1CCC(O)CC1. The standard InChI is InChI=1S/C27H34N6O4.C6H12IN.C6H13NO/c1-5-24(34)32-13-10-20(17-32)33-27(29-19-8-11-31(2)12-9-19)25(26(28)35)23(30-33)7-6-18-14-21(36-3)16-22(15-18)37-4;1-8-4-2-6(7)3-5-8;1-7-4-2-6(8)3-5-7/h5,14-16,19-20,29H,1,8-13,17H2,2-4H3,(H2,28,35);6H,2-5H2,1H3;6,8H,2-5H2,1H3/t20-;;/m0../s1. The fourth-order valence-electron chi connectivity index (χ4n) is 6.76. The number of carbonyl (C=O) groups excluding carboxylic acids is 2. The van der Waals surface area contributed by atoms with Gasteiger partial charge in [-0.15, -0.1) is 0 Å². The Balaban J connectivity index is 0.000000320. The van der Waals surface area contributed by atoms with E-state index in [1.807, 2.05) is 0 Å². The maximum Gasteiger partial charge on any atom is 0.255 e. The Hall–Kier alpha value is -3.36. The van der Waals surface area contributed by atoms with Crippen molar-refractivity contribution < 1.29 is 24.2 Å². The molecule has 292 valence electrons. The predicted molar refractivity (Wildman–Crippen MR) is 218 cm³/mol. The Kier molecular flexibility index (Phi) is 16.7. The summed E-state index contributed by atoms with van der Waals surface area (Å²) >= 11 is 2.54. The summed E-state index contributed by atoms with van der Waals surface area (Å²) in [6, 6.07) is 5.37. The van der Waals surface area contributed by atoms with E-state index in [9.17, 15) is 9.59 Å². The van der Waals surface area contributed by atoms with Gasteiger partial charge in [-0.3, -0.25) is 9.59 Å². The molecule has 0 aliphatic carbocycles. The molecular weight excluding hydrogens is 787 g/mol. The van der Waals surface area contributed by atoms with E-state index in [1.54, 1.807) is 42.0 Å². The number of hydrogen-bond donors (Lipinski definition) is 3. The summed E-state index contributed by atoms with van der Waals surface area (Å²) in [7, 11) is 9.53. The van der Waals surface area contributed by atoms with Gasteiger partial charge < -0.3 is 45.2 Å². The number of nitrogens with two attached hydrogens (primary N) is 1. The average Bonchev–Trinajstić information content (AvgIpc) is 3.79. The van der Waals surface area contributed by atoms with Crippen LogP contribution in [0.1, 0.15) is 72.6 Å². The van der Waals surface area contributed by atoms with Crippen LogP contribution >= 0.6 is 22.6 Å². The number of alkyl halides is 1. The molecule has 4 N–H and O–H groups in total. The number of aliphatic hydroxyl groups excluding tert-OH is 1. The van der Waals surface area contributed by atoms with E-state index < -0.39 is 5.91 Å². The van der Waals surface area contributed by atoms with Gasteiger partial charge in [0.05, 0.1) is 26.4 Å². The fraction of sp³-hybridized carbons (Fsp3) is 0.615. The highest BCUT2D eigenvalue weighted by Gasteiger charge is 2.33. The molecule has 4 fully saturated rings. The van der Waals surface area contributed by atoms with Gasteiger partial charge in [0.15, 0.2) is 5.69 Å². The molecule has 0 saturated carbocycles. The van der Waals surface area contributed by atoms with Crippen LogP contribution in [0.15, 0.2) is 30.9 Å². The molecule has 4 aliphatic rings. The molecule has 2 amide bonds. The summed E-state index contributed by atoms with van der Waals surface area (Å²) in [6.07, 6.45) is 8.53. The maximum absolute atomic E-state index is 12.7. The molecule has 1 atom stereocenters. The number of nitrogens with one attached hydrogen (secondary N) is 1. The van der Waals surface area contributed by atoms with Crippen molar-refractivity contribution in [3.63, 3.8) is 0 Å². The maximum atomic E-state index is 12.7. The summed E-state index contributed by atoms with van der Waals surface area (Å²) in [4.78, 5) is 33.6. The minimum Gasteiger partial charge on any atom is -0.497 e. The lowest BCUT2D eigenvalue weighted by atomic mass is 10.0. The van der Waals surface area contributed by atoms with Gasteiger partial charge in [-0.25, -0.2) is 4.68 Å². The highest BCUT2D eigenvalue weighted by Crippen LogP contribution is 2.31. The first-order valence-electron chi connectivity index (χ1n) is 18.6. The summed E-state index contributed by atoms with van der Waals surface area (Å²) < 4.78 is 13.4. The van der Waals surface area contributed by atoms with Gasteiger partial charge in [-0.05, 0) is 116 Å². The van der Waals surface area contributed by atoms with Crippen molar-refractivity contribution in [1.82, 2.24) is 29.4 Å². The minimum atomic E-state index is -0.605. The van der Waals surface area contributed by atoms with Crippen LogP contribution in [0.5, 0.6) is 11.5 Å². The molecule has 0 radical (unpaired) electrons. The molecule has 0 bridgehead atoms. The zero-order valence-corrected chi connectivity index (χ0v) is 34.3. The Morgan fingerprint density at radius 1 is 0.887 bits per heavy atom. The van der Waals surface area contributed by atoms with E-state index in [4.69, 9.17) is 25.4 Å².